The molecule has 0 saturated carbocycles. The van der Waals surface area contributed by atoms with Crippen molar-refractivity contribution < 1.29 is 27.5 Å². The molecule has 2 aromatic carbocycles. The molecule has 1 heterocycles. The Morgan fingerprint density at radius 3 is 2.55 bits per heavy atom. The highest BCUT2D eigenvalue weighted by Crippen LogP contribution is 2.28. The molecule has 1 aliphatic rings. The maximum absolute atomic E-state index is 12.6. The van der Waals surface area contributed by atoms with Gasteiger partial charge in [0.1, 0.15) is 5.75 Å². The van der Waals surface area contributed by atoms with Crippen LogP contribution in [0, 0.1) is 12.8 Å². The minimum Gasteiger partial charge on any atom is -0.482 e. The zero-order valence-corrected chi connectivity index (χ0v) is 15.8. The van der Waals surface area contributed by atoms with Crippen molar-refractivity contribution in [3.63, 3.8) is 0 Å². The fraction of sp³-hybridized carbons (Fsp3) is 0.333. The number of likely N-dealkylation sites (tertiary alicyclic amines) is 1. The zero-order valence-electron chi connectivity index (χ0n) is 15.8. The summed E-state index contributed by atoms with van der Waals surface area (Å²) in [6, 6.07) is 13.7. The van der Waals surface area contributed by atoms with Crippen LogP contribution in [0.2, 0.25) is 0 Å². The third-order valence-corrected chi connectivity index (χ3v) is 4.62. The average molecular weight is 406 g/mol. The number of ether oxygens (including phenoxy) is 1. The Hall–Kier alpha value is -3.03. The van der Waals surface area contributed by atoms with Gasteiger partial charge in [-0.3, -0.25) is 9.59 Å². The molecule has 0 radical (unpaired) electrons. The molecule has 1 N–H and O–H groups in total. The number of para-hydroxylation sites is 2. The van der Waals surface area contributed by atoms with Crippen LogP contribution >= 0.6 is 0 Å². The number of amides is 2. The normalized spacial score (nSPS) is 16.8. The van der Waals surface area contributed by atoms with Crippen LogP contribution in [0.1, 0.15) is 17.5 Å². The first-order valence-electron chi connectivity index (χ1n) is 9.14. The maximum Gasteiger partial charge on any atom is 0.422 e. The molecule has 0 spiro atoms. The summed E-state index contributed by atoms with van der Waals surface area (Å²) in [5, 5.41) is 2.59. The van der Waals surface area contributed by atoms with Crippen molar-refractivity contribution in [1.29, 1.82) is 0 Å². The lowest BCUT2D eigenvalue weighted by atomic mass is 10.1. The average Bonchev–Trinajstić information content (AvgIpc) is 3.03. The van der Waals surface area contributed by atoms with Crippen molar-refractivity contribution in [2.24, 2.45) is 5.92 Å². The summed E-state index contributed by atoms with van der Waals surface area (Å²) in [4.78, 5) is 26.5. The molecule has 1 atom stereocenters. The lowest BCUT2D eigenvalue weighted by Crippen LogP contribution is -2.28. The molecule has 1 aliphatic heterocycles. The second-order valence-corrected chi connectivity index (χ2v) is 7.05. The number of nitrogens with one attached hydrogen (secondary N) is 1. The van der Waals surface area contributed by atoms with Crippen LogP contribution in [0.4, 0.5) is 18.9 Å². The predicted molar refractivity (Wildman–Crippen MR) is 101 cm³/mol. The number of nitrogens with zero attached hydrogens (tertiary/aromatic N) is 1. The highest BCUT2D eigenvalue weighted by molar-refractivity contribution is 5.98. The number of alkyl halides is 3. The monoisotopic (exact) mass is 406 g/mol. The second-order valence-electron chi connectivity index (χ2n) is 7.05. The van der Waals surface area contributed by atoms with Gasteiger partial charge in [0.25, 0.3) is 0 Å². The van der Waals surface area contributed by atoms with Gasteiger partial charge < -0.3 is 15.0 Å². The van der Waals surface area contributed by atoms with Crippen LogP contribution < -0.4 is 10.1 Å². The van der Waals surface area contributed by atoms with E-state index in [1.165, 1.54) is 18.2 Å². The number of benzene rings is 2. The number of aryl methyl sites for hydroxylation is 1. The van der Waals surface area contributed by atoms with Gasteiger partial charge in [-0.1, -0.05) is 42.0 Å². The molecule has 1 saturated heterocycles. The van der Waals surface area contributed by atoms with Crippen LogP contribution in [-0.4, -0.2) is 36.0 Å². The molecular formula is C21H21F3N2O3. The Balaban J connectivity index is 1.61. The van der Waals surface area contributed by atoms with E-state index in [0.29, 0.717) is 6.54 Å². The van der Waals surface area contributed by atoms with E-state index in [-0.39, 0.29) is 30.3 Å². The van der Waals surface area contributed by atoms with Gasteiger partial charge in [0.2, 0.25) is 11.8 Å². The van der Waals surface area contributed by atoms with E-state index in [1.54, 1.807) is 11.0 Å². The van der Waals surface area contributed by atoms with E-state index >= 15 is 0 Å². The third-order valence-electron chi connectivity index (χ3n) is 4.62. The van der Waals surface area contributed by atoms with E-state index in [0.717, 1.165) is 11.1 Å². The summed E-state index contributed by atoms with van der Waals surface area (Å²) >= 11 is 0. The minimum atomic E-state index is -4.48. The number of rotatable bonds is 6. The quantitative estimate of drug-likeness (QED) is 0.791. The molecule has 29 heavy (non-hydrogen) atoms. The lowest BCUT2D eigenvalue weighted by molar-refractivity contribution is -0.153. The van der Waals surface area contributed by atoms with Crippen LogP contribution in [0.25, 0.3) is 0 Å². The van der Waals surface area contributed by atoms with Crippen molar-refractivity contribution in [1.82, 2.24) is 4.90 Å². The summed E-state index contributed by atoms with van der Waals surface area (Å²) < 4.78 is 42.0. The van der Waals surface area contributed by atoms with E-state index in [4.69, 9.17) is 4.74 Å². The Bertz CT molecular complexity index is 881. The van der Waals surface area contributed by atoms with Gasteiger partial charge in [0.05, 0.1) is 11.6 Å². The van der Waals surface area contributed by atoms with Gasteiger partial charge in [0, 0.05) is 19.5 Å². The van der Waals surface area contributed by atoms with Crippen LogP contribution in [0.15, 0.2) is 48.5 Å². The Morgan fingerprint density at radius 2 is 1.86 bits per heavy atom. The van der Waals surface area contributed by atoms with Crippen LogP contribution in [-0.2, 0) is 16.1 Å². The van der Waals surface area contributed by atoms with Crippen molar-refractivity contribution in [2.75, 3.05) is 18.5 Å². The van der Waals surface area contributed by atoms with Gasteiger partial charge in [-0.05, 0) is 24.6 Å². The Morgan fingerprint density at radius 1 is 1.17 bits per heavy atom. The smallest absolute Gasteiger partial charge is 0.422 e. The van der Waals surface area contributed by atoms with Gasteiger partial charge in [-0.25, -0.2) is 0 Å². The maximum atomic E-state index is 12.6. The fourth-order valence-electron chi connectivity index (χ4n) is 3.10. The molecule has 2 aromatic rings. The SMILES string of the molecule is Cc1ccc(CN2CC(C(=O)Nc3ccccc3OCC(F)(F)F)CC2=O)cc1. The predicted octanol–water partition coefficient (Wildman–Crippen LogP) is 3.92. The first-order chi connectivity index (χ1) is 13.7. The van der Waals surface area contributed by atoms with Crippen LogP contribution in [0.5, 0.6) is 5.75 Å². The van der Waals surface area contributed by atoms with E-state index in [1.807, 2.05) is 31.2 Å². The number of hydrogen-bond donors (Lipinski definition) is 1. The number of hydrogen-bond acceptors (Lipinski definition) is 3. The topological polar surface area (TPSA) is 58.6 Å². The van der Waals surface area contributed by atoms with Crippen molar-refractivity contribution in [3.05, 3.63) is 59.7 Å². The van der Waals surface area contributed by atoms with E-state index in [2.05, 4.69) is 5.32 Å². The molecular weight excluding hydrogens is 385 g/mol. The molecule has 5 nitrogen and oxygen atoms in total. The number of anilines is 1. The summed E-state index contributed by atoms with van der Waals surface area (Å²) in [7, 11) is 0. The molecule has 0 aliphatic carbocycles. The summed E-state index contributed by atoms with van der Waals surface area (Å²) in [6.45, 7) is 1.19. The molecule has 1 fully saturated rings. The lowest BCUT2D eigenvalue weighted by Gasteiger charge is -2.17. The summed E-state index contributed by atoms with van der Waals surface area (Å²) in [6.07, 6.45) is -4.42. The van der Waals surface area contributed by atoms with Gasteiger partial charge in [0.15, 0.2) is 6.61 Å². The first-order valence-corrected chi connectivity index (χ1v) is 9.14. The highest BCUT2D eigenvalue weighted by atomic mass is 19.4. The molecule has 154 valence electrons. The molecule has 0 aromatic heterocycles. The number of halogens is 3. The summed E-state index contributed by atoms with van der Waals surface area (Å²) in [5.41, 5.74) is 2.23. The van der Waals surface area contributed by atoms with Crippen molar-refractivity contribution in [2.45, 2.75) is 26.1 Å². The minimum absolute atomic E-state index is 0.0588. The fourth-order valence-corrected chi connectivity index (χ4v) is 3.10. The number of carbonyl (C=O) groups excluding carboxylic acids is 2. The molecule has 3 rings (SSSR count). The zero-order chi connectivity index (χ0) is 21.0. The number of carbonyl (C=O) groups is 2. The molecule has 2 amide bonds. The van der Waals surface area contributed by atoms with E-state index < -0.39 is 24.6 Å². The van der Waals surface area contributed by atoms with Crippen molar-refractivity contribution in [3.8, 4) is 5.75 Å². The highest BCUT2D eigenvalue weighted by Gasteiger charge is 2.35. The molecule has 1 unspecified atom stereocenters. The van der Waals surface area contributed by atoms with Gasteiger partial charge >= 0.3 is 6.18 Å². The third kappa shape index (κ3) is 5.73. The molecule has 8 heteroatoms. The standard InChI is InChI=1S/C21H21F3N2O3/c1-14-6-8-15(9-7-14)11-26-12-16(10-19(26)27)20(28)25-17-4-2-3-5-18(17)29-13-21(22,23)24/h2-9,16H,10-13H2,1H3,(H,25,28). The summed E-state index contributed by atoms with van der Waals surface area (Å²) in [5.74, 6) is -1.21. The molecule has 0 bridgehead atoms. The Kier molecular flexibility index (Phi) is 6.10. The first kappa shape index (κ1) is 20.7. The Labute approximate surface area is 166 Å². The largest absolute Gasteiger partial charge is 0.482 e. The van der Waals surface area contributed by atoms with Crippen LogP contribution in [0.3, 0.4) is 0 Å². The van der Waals surface area contributed by atoms with Gasteiger partial charge in [-0.2, -0.15) is 13.2 Å². The second kappa shape index (κ2) is 8.55. The van der Waals surface area contributed by atoms with Gasteiger partial charge in [-0.15, -0.1) is 0 Å². The van der Waals surface area contributed by atoms with E-state index in [9.17, 15) is 22.8 Å². The van der Waals surface area contributed by atoms with Crippen molar-refractivity contribution >= 4 is 17.5 Å².